The quantitative estimate of drug-likeness (QED) is 0.844. The molecular formula is C16H21NO2. The average Bonchev–Trinajstić information content (AvgIpc) is 2.65. The molecule has 1 aromatic carbocycles. The number of nitrogens with zero attached hydrogens (tertiary/aromatic N) is 1. The summed E-state index contributed by atoms with van der Waals surface area (Å²) in [6, 6.07) is 8.12. The van der Waals surface area contributed by atoms with Crippen LogP contribution in [0.3, 0.4) is 0 Å². The highest BCUT2D eigenvalue weighted by molar-refractivity contribution is 5.85. The van der Waals surface area contributed by atoms with E-state index in [-0.39, 0.29) is 0 Å². The van der Waals surface area contributed by atoms with Crippen molar-refractivity contribution in [1.82, 2.24) is 4.90 Å². The number of carboxylic acids is 1. The van der Waals surface area contributed by atoms with Gasteiger partial charge in [0.15, 0.2) is 0 Å². The van der Waals surface area contributed by atoms with Gasteiger partial charge in [-0.3, -0.25) is 4.90 Å². The molecule has 1 N–H and O–H groups in total. The lowest BCUT2D eigenvalue weighted by Gasteiger charge is -2.19. The maximum absolute atomic E-state index is 10.5. The topological polar surface area (TPSA) is 40.5 Å². The Morgan fingerprint density at radius 1 is 1.21 bits per heavy atom. The molecule has 1 aromatic rings. The Morgan fingerprint density at radius 3 is 2.63 bits per heavy atom. The third-order valence-electron chi connectivity index (χ3n) is 3.47. The molecule has 0 amide bonds. The number of hydrogen-bond acceptors (Lipinski definition) is 2. The van der Waals surface area contributed by atoms with Crippen molar-refractivity contribution in [3.8, 4) is 0 Å². The van der Waals surface area contributed by atoms with Crippen molar-refractivity contribution in [1.29, 1.82) is 0 Å². The first-order valence-electron chi connectivity index (χ1n) is 6.96. The molecule has 102 valence electrons. The predicted molar refractivity (Wildman–Crippen MR) is 76.9 cm³/mol. The minimum absolute atomic E-state index is 0.905. The summed E-state index contributed by atoms with van der Waals surface area (Å²) in [6.07, 6.45) is 8.10. The van der Waals surface area contributed by atoms with Crippen LogP contribution in [0.2, 0.25) is 0 Å². The zero-order chi connectivity index (χ0) is 13.5. The summed E-state index contributed by atoms with van der Waals surface area (Å²) in [7, 11) is 0. The first-order valence-corrected chi connectivity index (χ1v) is 6.96. The van der Waals surface area contributed by atoms with Gasteiger partial charge in [-0.05, 0) is 43.1 Å². The summed E-state index contributed by atoms with van der Waals surface area (Å²) in [5, 5.41) is 8.64. The van der Waals surface area contributed by atoms with Gasteiger partial charge in [-0.15, -0.1) is 0 Å². The van der Waals surface area contributed by atoms with Gasteiger partial charge in [-0.25, -0.2) is 4.79 Å². The Bertz CT molecular complexity index is 446. The Morgan fingerprint density at radius 2 is 1.95 bits per heavy atom. The zero-order valence-corrected chi connectivity index (χ0v) is 11.2. The van der Waals surface area contributed by atoms with Crippen LogP contribution < -0.4 is 0 Å². The smallest absolute Gasteiger partial charge is 0.328 e. The number of carbonyl (C=O) groups is 1. The van der Waals surface area contributed by atoms with E-state index in [0.717, 1.165) is 12.1 Å². The van der Waals surface area contributed by atoms with Crippen molar-refractivity contribution in [2.45, 2.75) is 32.2 Å². The molecule has 3 heteroatoms. The molecule has 0 spiro atoms. The predicted octanol–water partition coefficient (Wildman–Crippen LogP) is 3.16. The van der Waals surface area contributed by atoms with Gasteiger partial charge >= 0.3 is 5.97 Å². The van der Waals surface area contributed by atoms with E-state index in [0.29, 0.717) is 0 Å². The SMILES string of the molecule is O=C(O)C=Cc1cccc(CN2CCCCCC2)c1. The Hall–Kier alpha value is -1.61. The van der Waals surface area contributed by atoms with Crippen LogP contribution in [0.25, 0.3) is 6.08 Å². The van der Waals surface area contributed by atoms with Crippen molar-refractivity contribution in [2.75, 3.05) is 13.1 Å². The molecule has 0 saturated carbocycles. The minimum atomic E-state index is -0.905. The van der Waals surface area contributed by atoms with Crippen LogP contribution in [0.1, 0.15) is 36.8 Å². The maximum Gasteiger partial charge on any atom is 0.328 e. The summed E-state index contributed by atoms with van der Waals surface area (Å²) in [5.41, 5.74) is 2.21. The number of aliphatic carboxylic acids is 1. The molecule has 3 nitrogen and oxygen atoms in total. The van der Waals surface area contributed by atoms with Crippen LogP contribution in [0.4, 0.5) is 0 Å². The maximum atomic E-state index is 10.5. The molecule has 0 unspecified atom stereocenters. The van der Waals surface area contributed by atoms with Gasteiger partial charge in [-0.2, -0.15) is 0 Å². The fraction of sp³-hybridized carbons (Fsp3) is 0.438. The van der Waals surface area contributed by atoms with Gasteiger partial charge in [0, 0.05) is 12.6 Å². The van der Waals surface area contributed by atoms with E-state index in [9.17, 15) is 4.79 Å². The molecule has 1 fully saturated rings. The molecule has 0 atom stereocenters. The summed E-state index contributed by atoms with van der Waals surface area (Å²) in [6.45, 7) is 3.32. The van der Waals surface area contributed by atoms with Crippen LogP contribution in [-0.2, 0) is 11.3 Å². The lowest BCUT2D eigenvalue weighted by Crippen LogP contribution is -2.23. The molecule has 1 heterocycles. The zero-order valence-electron chi connectivity index (χ0n) is 11.2. The number of hydrogen-bond donors (Lipinski definition) is 1. The molecule has 0 aliphatic carbocycles. The summed E-state index contributed by atoms with van der Waals surface area (Å²) >= 11 is 0. The molecule has 1 aliphatic rings. The van der Waals surface area contributed by atoms with Crippen LogP contribution >= 0.6 is 0 Å². The lowest BCUT2D eigenvalue weighted by atomic mass is 10.1. The first kappa shape index (κ1) is 13.8. The Labute approximate surface area is 114 Å². The first-order chi connectivity index (χ1) is 9.24. The van der Waals surface area contributed by atoms with Crippen LogP contribution in [0, 0.1) is 0 Å². The van der Waals surface area contributed by atoms with Gasteiger partial charge in [0.25, 0.3) is 0 Å². The fourth-order valence-corrected chi connectivity index (χ4v) is 2.52. The fourth-order valence-electron chi connectivity index (χ4n) is 2.52. The van der Waals surface area contributed by atoms with Crippen molar-refractivity contribution < 1.29 is 9.90 Å². The second kappa shape index (κ2) is 7.10. The largest absolute Gasteiger partial charge is 0.478 e. The Kier molecular flexibility index (Phi) is 5.16. The van der Waals surface area contributed by atoms with Crippen molar-refractivity contribution in [3.63, 3.8) is 0 Å². The van der Waals surface area contributed by atoms with Crippen LogP contribution in [0.5, 0.6) is 0 Å². The molecule has 0 aromatic heterocycles. The van der Waals surface area contributed by atoms with E-state index in [1.165, 1.54) is 50.4 Å². The summed E-state index contributed by atoms with van der Waals surface area (Å²) in [5.74, 6) is -0.905. The highest BCUT2D eigenvalue weighted by Crippen LogP contribution is 2.14. The standard InChI is InChI=1S/C16H21NO2/c18-16(19)9-8-14-6-5-7-15(12-14)13-17-10-3-1-2-4-11-17/h5-9,12H,1-4,10-11,13H2,(H,18,19). The van der Waals surface area contributed by atoms with E-state index in [4.69, 9.17) is 5.11 Å². The van der Waals surface area contributed by atoms with Gasteiger partial charge < -0.3 is 5.11 Å². The van der Waals surface area contributed by atoms with E-state index in [1.807, 2.05) is 12.1 Å². The molecule has 0 bridgehead atoms. The minimum Gasteiger partial charge on any atom is -0.478 e. The third-order valence-corrected chi connectivity index (χ3v) is 3.47. The third kappa shape index (κ3) is 4.87. The van der Waals surface area contributed by atoms with Crippen LogP contribution in [-0.4, -0.2) is 29.1 Å². The second-order valence-corrected chi connectivity index (χ2v) is 5.11. The van der Waals surface area contributed by atoms with Gasteiger partial charge in [0.05, 0.1) is 0 Å². The van der Waals surface area contributed by atoms with Crippen molar-refractivity contribution in [2.24, 2.45) is 0 Å². The molecule has 0 radical (unpaired) electrons. The molecule has 2 rings (SSSR count). The van der Waals surface area contributed by atoms with Crippen molar-refractivity contribution in [3.05, 3.63) is 41.5 Å². The van der Waals surface area contributed by atoms with Gasteiger partial charge in [0.1, 0.15) is 0 Å². The molecule has 1 aliphatic heterocycles. The lowest BCUT2D eigenvalue weighted by molar-refractivity contribution is -0.131. The van der Waals surface area contributed by atoms with E-state index in [2.05, 4.69) is 17.0 Å². The number of likely N-dealkylation sites (tertiary alicyclic amines) is 1. The number of carboxylic acid groups (broad SMARTS) is 1. The summed E-state index contributed by atoms with van der Waals surface area (Å²) in [4.78, 5) is 13.0. The highest BCUT2D eigenvalue weighted by atomic mass is 16.4. The summed E-state index contributed by atoms with van der Waals surface area (Å²) < 4.78 is 0. The molecule has 1 saturated heterocycles. The van der Waals surface area contributed by atoms with E-state index >= 15 is 0 Å². The average molecular weight is 259 g/mol. The van der Waals surface area contributed by atoms with E-state index in [1.54, 1.807) is 6.08 Å². The van der Waals surface area contributed by atoms with Crippen LogP contribution in [0.15, 0.2) is 30.3 Å². The second-order valence-electron chi connectivity index (χ2n) is 5.11. The van der Waals surface area contributed by atoms with E-state index < -0.39 is 5.97 Å². The van der Waals surface area contributed by atoms with Crippen molar-refractivity contribution >= 4 is 12.0 Å². The monoisotopic (exact) mass is 259 g/mol. The molecule has 19 heavy (non-hydrogen) atoms. The number of rotatable bonds is 4. The molecular weight excluding hydrogens is 238 g/mol. The highest BCUT2D eigenvalue weighted by Gasteiger charge is 2.09. The normalized spacial score (nSPS) is 17.5. The van der Waals surface area contributed by atoms with Gasteiger partial charge in [-0.1, -0.05) is 37.1 Å². The number of benzene rings is 1. The van der Waals surface area contributed by atoms with Gasteiger partial charge in [0.2, 0.25) is 0 Å². The Balaban J connectivity index is 1.99.